The molecule has 2 aromatic rings. The number of carbonyl (C=O) groups excluding carboxylic acids is 1. The number of nitrogens with one attached hydrogen (secondary N) is 2. The zero-order chi connectivity index (χ0) is 22.6. The highest BCUT2D eigenvalue weighted by molar-refractivity contribution is 5.89. The molecule has 8 nitrogen and oxygen atoms in total. The lowest BCUT2D eigenvalue weighted by atomic mass is 10.1. The average molecular weight is 442 g/mol. The van der Waals surface area contributed by atoms with Crippen LogP contribution in [0.25, 0.3) is 0 Å². The highest BCUT2D eigenvalue weighted by atomic mass is 16.5. The van der Waals surface area contributed by atoms with Crippen molar-refractivity contribution in [1.82, 2.24) is 15.5 Å². The monoisotopic (exact) mass is 441 g/mol. The van der Waals surface area contributed by atoms with Crippen LogP contribution in [0.4, 0.5) is 0 Å². The Morgan fingerprint density at radius 3 is 2.66 bits per heavy atom. The van der Waals surface area contributed by atoms with Crippen LogP contribution in [0.15, 0.2) is 51.9 Å². The number of aliphatic imine (C=N–C) groups is 1. The van der Waals surface area contributed by atoms with E-state index in [0.29, 0.717) is 24.4 Å². The molecule has 1 amide bonds. The SMILES string of the molecule is CCNC(=NCc1ccc(C(N)=O)o1)NCCCOC1CCN(Cc2ccccc2)CC1. The van der Waals surface area contributed by atoms with E-state index < -0.39 is 5.91 Å². The summed E-state index contributed by atoms with van der Waals surface area (Å²) in [5.41, 5.74) is 6.58. The van der Waals surface area contributed by atoms with Crippen LogP contribution in [0, 0.1) is 0 Å². The molecule has 0 aliphatic carbocycles. The highest BCUT2D eigenvalue weighted by Gasteiger charge is 2.19. The summed E-state index contributed by atoms with van der Waals surface area (Å²) in [6, 6.07) is 13.9. The van der Waals surface area contributed by atoms with Gasteiger partial charge in [-0.1, -0.05) is 30.3 Å². The predicted octanol–water partition coefficient (Wildman–Crippen LogP) is 2.50. The first-order valence-electron chi connectivity index (χ1n) is 11.4. The van der Waals surface area contributed by atoms with E-state index in [1.165, 1.54) is 5.56 Å². The van der Waals surface area contributed by atoms with E-state index in [4.69, 9.17) is 14.9 Å². The summed E-state index contributed by atoms with van der Waals surface area (Å²) in [7, 11) is 0. The maximum Gasteiger partial charge on any atom is 0.284 e. The molecule has 1 aromatic heterocycles. The first-order chi connectivity index (χ1) is 15.6. The van der Waals surface area contributed by atoms with Crippen molar-refractivity contribution in [2.24, 2.45) is 10.7 Å². The first kappa shape index (κ1) is 23.8. The summed E-state index contributed by atoms with van der Waals surface area (Å²) in [5.74, 6) is 0.875. The van der Waals surface area contributed by atoms with Gasteiger partial charge < -0.3 is 25.5 Å². The van der Waals surface area contributed by atoms with Gasteiger partial charge in [-0.2, -0.15) is 0 Å². The minimum Gasteiger partial charge on any atom is -0.454 e. The van der Waals surface area contributed by atoms with Crippen LogP contribution in [-0.2, 0) is 17.8 Å². The largest absolute Gasteiger partial charge is 0.454 e. The van der Waals surface area contributed by atoms with Gasteiger partial charge in [-0.25, -0.2) is 4.99 Å². The zero-order valence-electron chi connectivity index (χ0n) is 18.9. The molecule has 8 heteroatoms. The molecule has 174 valence electrons. The van der Waals surface area contributed by atoms with Crippen LogP contribution in [-0.4, -0.2) is 55.7 Å². The Bertz CT molecular complexity index is 844. The summed E-state index contributed by atoms with van der Waals surface area (Å²) >= 11 is 0. The van der Waals surface area contributed by atoms with Gasteiger partial charge in [-0.3, -0.25) is 9.69 Å². The number of hydrogen-bond donors (Lipinski definition) is 3. The van der Waals surface area contributed by atoms with Crippen molar-refractivity contribution < 1.29 is 13.9 Å². The van der Waals surface area contributed by atoms with Crippen LogP contribution in [0.5, 0.6) is 0 Å². The third kappa shape index (κ3) is 8.01. The van der Waals surface area contributed by atoms with Gasteiger partial charge in [0.2, 0.25) is 0 Å². The third-order valence-electron chi connectivity index (χ3n) is 5.39. The molecule has 0 spiro atoms. The number of likely N-dealkylation sites (tertiary alicyclic amines) is 1. The lowest BCUT2D eigenvalue weighted by molar-refractivity contribution is 0.00534. The molecule has 0 saturated carbocycles. The van der Waals surface area contributed by atoms with E-state index in [9.17, 15) is 4.79 Å². The van der Waals surface area contributed by atoms with Gasteiger partial charge >= 0.3 is 0 Å². The van der Waals surface area contributed by atoms with E-state index in [1.807, 2.05) is 6.92 Å². The molecule has 0 atom stereocenters. The van der Waals surface area contributed by atoms with E-state index in [2.05, 4.69) is 50.9 Å². The maximum atomic E-state index is 11.1. The number of nitrogens with two attached hydrogens (primary N) is 1. The molecule has 0 radical (unpaired) electrons. The van der Waals surface area contributed by atoms with E-state index in [0.717, 1.165) is 58.6 Å². The number of rotatable bonds is 11. The van der Waals surface area contributed by atoms with Gasteiger partial charge in [0.05, 0.1) is 6.10 Å². The summed E-state index contributed by atoms with van der Waals surface area (Å²) in [5, 5.41) is 6.52. The second kappa shape index (κ2) is 12.9. The van der Waals surface area contributed by atoms with Gasteiger partial charge in [0, 0.05) is 39.3 Å². The molecule has 2 heterocycles. The third-order valence-corrected chi connectivity index (χ3v) is 5.39. The Labute approximate surface area is 190 Å². The Balaban J connectivity index is 1.30. The molecule has 1 aromatic carbocycles. The van der Waals surface area contributed by atoms with Crippen molar-refractivity contribution in [1.29, 1.82) is 0 Å². The smallest absolute Gasteiger partial charge is 0.284 e. The Kier molecular flexibility index (Phi) is 9.59. The number of amides is 1. The lowest BCUT2D eigenvalue weighted by Crippen LogP contribution is -2.38. The Morgan fingerprint density at radius 2 is 1.97 bits per heavy atom. The van der Waals surface area contributed by atoms with Crippen molar-refractivity contribution in [3.63, 3.8) is 0 Å². The van der Waals surface area contributed by atoms with Crippen molar-refractivity contribution in [2.45, 2.75) is 45.4 Å². The molecule has 0 bridgehead atoms. The molecule has 1 fully saturated rings. The molecule has 0 unspecified atom stereocenters. The lowest BCUT2D eigenvalue weighted by Gasteiger charge is -2.32. The number of furan rings is 1. The minimum atomic E-state index is -0.577. The van der Waals surface area contributed by atoms with Crippen molar-refractivity contribution in [3.8, 4) is 0 Å². The van der Waals surface area contributed by atoms with Gasteiger partial charge in [-0.05, 0) is 43.9 Å². The predicted molar refractivity (Wildman–Crippen MR) is 125 cm³/mol. The summed E-state index contributed by atoms with van der Waals surface area (Å²) in [6.45, 7) is 7.79. The van der Waals surface area contributed by atoms with Crippen LogP contribution >= 0.6 is 0 Å². The molecule has 3 rings (SSSR count). The van der Waals surface area contributed by atoms with E-state index in [1.54, 1.807) is 12.1 Å². The maximum absolute atomic E-state index is 11.1. The van der Waals surface area contributed by atoms with Gasteiger partial charge in [0.15, 0.2) is 11.7 Å². The minimum absolute atomic E-state index is 0.149. The number of nitrogens with zero attached hydrogens (tertiary/aromatic N) is 2. The fourth-order valence-corrected chi connectivity index (χ4v) is 3.70. The van der Waals surface area contributed by atoms with Crippen LogP contribution in [0.2, 0.25) is 0 Å². The quantitative estimate of drug-likeness (QED) is 0.281. The van der Waals surface area contributed by atoms with Gasteiger partial charge in [0.25, 0.3) is 5.91 Å². The Morgan fingerprint density at radius 1 is 1.19 bits per heavy atom. The molecule has 32 heavy (non-hydrogen) atoms. The fourth-order valence-electron chi connectivity index (χ4n) is 3.70. The van der Waals surface area contributed by atoms with Crippen molar-refractivity contribution in [2.75, 3.05) is 32.8 Å². The average Bonchev–Trinajstić information content (AvgIpc) is 3.28. The standard InChI is InChI=1S/C24H35N5O3/c1-2-26-24(28-17-21-9-10-22(32-21)23(25)30)27-13-6-16-31-20-11-14-29(15-12-20)18-19-7-4-3-5-8-19/h3-5,7-10,20H,2,6,11-18H2,1H3,(H2,25,30)(H2,26,27,28). The fraction of sp³-hybridized carbons (Fsp3) is 0.500. The molecule has 1 aliphatic rings. The second-order valence-electron chi connectivity index (χ2n) is 7.94. The summed E-state index contributed by atoms with van der Waals surface area (Å²) < 4.78 is 11.5. The zero-order valence-corrected chi connectivity index (χ0v) is 18.9. The first-order valence-corrected chi connectivity index (χ1v) is 11.4. The second-order valence-corrected chi connectivity index (χ2v) is 7.94. The molecule has 1 saturated heterocycles. The summed E-state index contributed by atoms with van der Waals surface area (Å²) in [4.78, 5) is 18.1. The van der Waals surface area contributed by atoms with Crippen molar-refractivity contribution in [3.05, 3.63) is 59.5 Å². The topological polar surface area (TPSA) is 105 Å². The molecule has 4 N–H and O–H groups in total. The number of guanidine groups is 1. The molecule has 1 aliphatic heterocycles. The van der Waals surface area contributed by atoms with Crippen LogP contribution < -0.4 is 16.4 Å². The number of hydrogen-bond acceptors (Lipinski definition) is 5. The van der Waals surface area contributed by atoms with E-state index in [-0.39, 0.29) is 5.76 Å². The number of primary amides is 1. The van der Waals surface area contributed by atoms with E-state index >= 15 is 0 Å². The van der Waals surface area contributed by atoms with Crippen LogP contribution in [0.3, 0.4) is 0 Å². The normalized spacial score (nSPS) is 15.6. The Hall–Kier alpha value is -2.84. The van der Waals surface area contributed by atoms with Gasteiger partial charge in [-0.15, -0.1) is 0 Å². The van der Waals surface area contributed by atoms with Crippen molar-refractivity contribution >= 4 is 11.9 Å². The summed E-state index contributed by atoms with van der Waals surface area (Å²) in [6.07, 6.45) is 3.42. The molecular formula is C24H35N5O3. The highest BCUT2D eigenvalue weighted by Crippen LogP contribution is 2.16. The molecular weight excluding hydrogens is 406 g/mol. The van der Waals surface area contributed by atoms with Gasteiger partial charge in [0.1, 0.15) is 12.3 Å². The number of piperidine rings is 1. The number of carbonyl (C=O) groups is 1. The van der Waals surface area contributed by atoms with Crippen LogP contribution in [0.1, 0.15) is 48.1 Å². The number of benzene rings is 1. The number of ether oxygens (including phenoxy) is 1.